The van der Waals surface area contributed by atoms with Crippen molar-refractivity contribution in [1.82, 2.24) is 10.9 Å². The van der Waals surface area contributed by atoms with E-state index in [0.717, 1.165) is 12.1 Å². The van der Waals surface area contributed by atoms with Crippen LogP contribution in [0.15, 0.2) is 41.4 Å². The molecule has 2 aromatic rings. The van der Waals surface area contributed by atoms with Gasteiger partial charge in [0.2, 0.25) is 11.7 Å². The fourth-order valence-electron chi connectivity index (χ4n) is 2.64. The molecule has 0 bridgehead atoms. The fraction of sp³-hybridized carbons (Fsp3) is 0.188. The molecule has 0 radical (unpaired) electrons. The Morgan fingerprint density at radius 2 is 1.81 bits per heavy atom. The molecule has 2 aromatic carbocycles. The van der Waals surface area contributed by atoms with Crippen molar-refractivity contribution in [2.45, 2.75) is 12.0 Å². The Balaban J connectivity index is 2.19. The molecule has 0 saturated heterocycles. The third kappa shape index (κ3) is 3.16. The van der Waals surface area contributed by atoms with E-state index in [0.29, 0.717) is 5.75 Å². The number of nitrogens with zero attached hydrogens (tertiary/aromatic N) is 1. The van der Waals surface area contributed by atoms with E-state index in [4.69, 9.17) is 16.2 Å². The van der Waals surface area contributed by atoms with Crippen molar-refractivity contribution >= 4 is 5.96 Å². The molecule has 138 valence electrons. The number of guanidine groups is 1. The van der Waals surface area contributed by atoms with E-state index in [1.54, 1.807) is 0 Å². The van der Waals surface area contributed by atoms with Gasteiger partial charge in [0.25, 0.3) is 0 Å². The van der Waals surface area contributed by atoms with Gasteiger partial charge in [-0.25, -0.2) is 9.38 Å². The summed E-state index contributed by atoms with van der Waals surface area (Å²) in [4.78, 5) is 3.78. The number of nitrogens with two attached hydrogens (primary N) is 2. The number of hydrogen-bond donors (Lipinski definition) is 4. The highest BCUT2D eigenvalue weighted by Crippen LogP contribution is 2.41. The smallest absolute Gasteiger partial charge is 0.417 e. The number of ether oxygens (including phenoxy) is 1. The number of hydrogen-bond acceptors (Lipinski definition) is 6. The molecule has 0 amide bonds. The molecule has 0 aliphatic carbocycles. The fourth-order valence-corrected chi connectivity index (χ4v) is 2.64. The summed E-state index contributed by atoms with van der Waals surface area (Å²) < 4.78 is 60.5. The van der Waals surface area contributed by atoms with Crippen LogP contribution in [0.1, 0.15) is 11.1 Å². The van der Waals surface area contributed by atoms with E-state index in [9.17, 15) is 17.6 Å². The highest BCUT2D eigenvalue weighted by Gasteiger charge is 2.39. The Kier molecular flexibility index (Phi) is 4.24. The molecule has 1 aliphatic rings. The van der Waals surface area contributed by atoms with Crippen LogP contribution in [0.25, 0.3) is 11.1 Å². The summed E-state index contributed by atoms with van der Waals surface area (Å²) in [5, 5.41) is 0. The maximum absolute atomic E-state index is 14.7. The van der Waals surface area contributed by atoms with Crippen molar-refractivity contribution < 1.29 is 22.3 Å². The van der Waals surface area contributed by atoms with Crippen LogP contribution in [0.4, 0.5) is 17.6 Å². The summed E-state index contributed by atoms with van der Waals surface area (Å²) in [6, 6.07) is 7.22. The second-order valence-electron chi connectivity index (χ2n) is 5.62. The van der Waals surface area contributed by atoms with Crippen molar-refractivity contribution in [2.75, 3.05) is 7.11 Å². The predicted octanol–water partition coefficient (Wildman–Crippen LogP) is 2.01. The minimum Gasteiger partial charge on any atom is -0.497 e. The van der Waals surface area contributed by atoms with Crippen molar-refractivity contribution in [3.63, 3.8) is 0 Å². The van der Waals surface area contributed by atoms with E-state index < -0.39 is 28.9 Å². The lowest BCUT2D eigenvalue weighted by atomic mass is 9.94. The number of alkyl halides is 3. The first-order valence-electron chi connectivity index (χ1n) is 7.37. The molecule has 1 unspecified atom stereocenters. The molecule has 1 atom stereocenters. The van der Waals surface area contributed by atoms with Gasteiger partial charge >= 0.3 is 6.18 Å². The van der Waals surface area contributed by atoms with Gasteiger partial charge in [0.15, 0.2) is 0 Å². The van der Waals surface area contributed by atoms with E-state index in [2.05, 4.69) is 15.8 Å². The van der Waals surface area contributed by atoms with Gasteiger partial charge in [-0.2, -0.15) is 18.6 Å². The summed E-state index contributed by atoms with van der Waals surface area (Å²) in [7, 11) is 1.42. The number of halogens is 4. The van der Waals surface area contributed by atoms with Gasteiger partial charge in [-0.3, -0.25) is 11.2 Å². The van der Waals surface area contributed by atoms with Crippen molar-refractivity contribution in [3.8, 4) is 16.9 Å². The van der Waals surface area contributed by atoms with E-state index in [-0.39, 0.29) is 17.1 Å². The minimum atomic E-state index is -4.82. The average molecular weight is 369 g/mol. The maximum atomic E-state index is 14.7. The standard InChI is InChI=1S/C16H15F4N5O/c1-26-10-4-2-8(3-5-10)13-11(15(18,19)20)6-9(7-12(13)17)16(22)23-14(21)24-25-16/h2-7,25H,22H2,1H3,(H3,21,23,24). The van der Waals surface area contributed by atoms with Crippen LogP contribution in [0.5, 0.6) is 5.75 Å². The Labute approximate surface area is 145 Å². The van der Waals surface area contributed by atoms with Crippen LogP contribution in [-0.4, -0.2) is 13.1 Å². The number of hydrazine groups is 1. The van der Waals surface area contributed by atoms with Gasteiger partial charge in [-0.15, -0.1) is 0 Å². The zero-order chi connectivity index (χ0) is 19.1. The summed E-state index contributed by atoms with van der Waals surface area (Å²) >= 11 is 0. The highest BCUT2D eigenvalue weighted by atomic mass is 19.4. The lowest BCUT2D eigenvalue weighted by Crippen LogP contribution is -2.50. The summed E-state index contributed by atoms with van der Waals surface area (Å²) in [5.74, 6) is -2.59. The molecule has 10 heteroatoms. The topological polar surface area (TPSA) is 97.7 Å². The first-order valence-corrected chi connectivity index (χ1v) is 7.37. The first kappa shape index (κ1) is 18.0. The van der Waals surface area contributed by atoms with E-state index in [1.165, 1.54) is 31.4 Å². The van der Waals surface area contributed by atoms with Crippen LogP contribution in [0.2, 0.25) is 0 Å². The van der Waals surface area contributed by atoms with Crippen molar-refractivity contribution in [3.05, 3.63) is 53.3 Å². The zero-order valence-corrected chi connectivity index (χ0v) is 13.5. The quantitative estimate of drug-likeness (QED) is 0.621. The number of aliphatic imine (C=N–C) groups is 1. The van der Waals surface area contributed by atoms with E-state index >= 15 is 0 Å². The SMILES string of the molecule is COc1ccc(-c2c(F)cc(C3(N)N=C(N)NN3)cc2C(F)(F)F)cc1. The zero-order valence-electron chi connectivity index (χ0n) is 13.5. The largest absolute Gasteiger partial charge is 0.497 e. The summed E-state index contributed by atoms with van der Waals surface area (Å²) in [5.41, 5.74) is 14.2. The van der Waals surface area contributed by atoms with E-state index in [1.807, 2.05) is 0 Å². The Morgan fingerprint density at radius 1 is 1.15 bits per heavy atom. The third-order valence-electron chi connectivity index (χ3n) is 3.89. The normalized spacial score (nSPS) is 19.8. The summed E-state index contributed by atoms with van der Waals surface area (Å²) in [6.07, 6.45) is -4.82. The molecule has 0 aromatic heterocycles. The van der Waals surface area contributed by atoms with Crippen molar-refractivity contribution in [1.29, 1.82) is 0 Å². The van der Waals surface area contributed by atoms with Gasteiger partial charge in [-0.1, -0.05) is 12.1 Å². The minimum absolute atomic E-state index is 0.0498. The number of rotatable bonds is 3. The lowest BCUT2D eigenvalue weighted by molar-refractivity contribution is -0.137. The van der Waals surface area contributed by atoms with Crippen LogP contribution < -0.4 is 27.1 Å². The van der Waals surface area contributed by atoms with Gasteiger partial charge < -0.3 is 10.5 Å². The van der Waals surface area contributed by atoms with Crippen LogP contribution in [-0.2, 0) is 12.0 Å². The molecular formula is C16H15F4N5O. The number of methoxy groups -OCH3 is 1. The van der Waals surface area contributed by atoms with Gasteiger partial charge in [0, 0.05) is 11.1 Å². The molecule has 3 rings (SSSR count). The Morgan fingerprint density at radius 3 is 2.31 bits per heavy atom. The Hall–Kier alpha value is -2.85. The summed E-state index contributed by atoms with van der Waals surface area (Å²) in [6.45, 7) is 0. The molecule has 0 saturated carbocycles. The number of benzene rings is 2. The molecule has 0 fully saturated rings. The monoisotopic (exact) mass is 369 g/mol. The molecule has 1 aliphatic heterocycles. The third-order valence-corrected chi connectivity index (χ3v) is 3.89. The second kappa shape index (κ2) is 6.15. The maximum Gasteiger partial charge on any atom is 0.417 e. The van der Waals surface area contributed by atoms with Crippen LogP contribution >= 0.6 is 0 Å². The molecule has 6 nitrogen and oxygen atoms in total. The van der Waals surface area contributed by atoms with Crippen molar-refractivity contribution in [2.24, 2.45) is 16.5 Å². The van der Waals surface area contributed by atoms with Crippen LogP contribution in [0, 0.1) is 5.82 Å². The van der Waals surface area contributed by atoms with Gasteiger partial charge in [0.05, 0.1) is 12.7 Å². The molecule has 1 heterocycles. The second-order valence-corrected chi connectivity index (χ2v) is 5.62. The number of nitrogens with one attached hydrogen (secondary N) is 2. The average Bonchev–Trinajstić information content (AvgIpc) is 2.94. The molecular weight excluding hydrogens is 354 g/mol. The highest BCUT2D eigenvalue weighted by molar-refractivity contribution is 5.79. The molecule has 0 spiro atoms. The molecule has 26 heavy (non-hydrogen) atoms. The van der Waals surface area contributed by atoms with Gasteiger partial charge in [-0.05, 0) is 29.8 Å². The first-order chi connectivity index (χ1) is 12.1. The lowest BCUT2D eigenvalue weighted by Gasteiger charge is -2.23. The Bertz CT molecular complexity index is 866. The van der Waals surface area contributed by atoms with Crippen LogP contribution in [0.3, 0.4) is 0 Å². The van der Waals surface area contributed by atoms with Gasteiger partial charge in [0.1, 0.15) is 11.6 Å². The molecule has 6 N–H and O–H groups in total. The predicted molar refractivity (Wildman–Crippen MR) is 87.1 cm³/mol.